The molecule has 0 aliphatic carbocycles. The summed E-state index contributed by atoms with van der Waals surface area (Å²) >= 11 is 1.64. The standard InChI is InChI=1S/C12H13N5S/c1-9-3-6-18-12(9)17-11-7-10(15-8-16-11)14-5-2-4-13/h3,6-8H,2,5H2,1H3,(H2,14,15,16,17). The van der Waals surface area contributed by atoms with Crippen LogP contribution in [0.3, 0.4) is 0 Å². The third-order valence-electron chi connectivity index (χ3n) is 2.31. The van der Waals surface area contributed by atoms with Crippen molar-refractivity contribution in [1.29, 1.82) is 5.26 Å². The minimum Gasteiger partial charge on any atom is -0.369 e. The van der Waals surface area contributed by atoms with Crippen LogP contribution >= 0.6 is 11.3 Å². The Kier molecular flexibility index (Phi) is 4.10. The minimum atomic E-state index is 0.455. The van der Waals surface area contributed by atoms with Gasteiger partial charge in [-0.25, -0.2) is 9.97 Å². The molecule has 0 aromatic carbocycles. The number of rotatable bonds is 5. The van der Waals surface area contributed by atoms with Crippen molar-refractivity contribution in [3.63, 3.8) is 0 Å². The highest BCUT2D eigenvalue weighted by Crippen LogP contribution is 2.25. The monoisotopic (exact) mass is 259 g/mol. The van der Waals surface area contributed by atoms with Crippen LogP contribution in [-0.4, -0.2) is 16.5 Å². The molecule has 0 atom stereocenters. The Bertz CT molecular complexity index is 558. The van der Waals surface area contributed by atoms with Crippen LogP contribution in [0.5, 0.6) is 0 Å². The van der Waals surface area contributed by atoms with Crippen molar-refractivity contribution in [2.75, 3.05) is 17.2 Å². The summed E-state index contributed by atoms with van der Waals surface area (Å²) in [5.74, 6) is 1.46. The molecule has 6 heteroatoms. The molecule has 0 bridgehead atoms. The second-order valence-corrected chi connectivity index (χ2v) is 4.60. The number of thiophene rings is 1. The summed E-state index contributed by atoms with van der Waals surface area (Å²) in [5.41, 5.74) is 1.19. The highest BCUT2D eigenvalue weighted by Gasteiger charge is 2.02. The summed E-state index contributed by atoms with van der Waals surface area (Å²) in [6.07, 6.45) is 1.96. The lowest BCUT2D eigenvalue weighted by Gasteiger charge is -2.06. The molecule has 5 nitrogen and oxygen atoms in total. The number of hydrogen-bond donors (Lipinski definition) is 2. The van der Waals surface area contributed by atoms with Gasteiger partial charge in [0.1, 0.15) is 18.0 Å². The first-order valence-electron chi connectivity index (χ1n) is 5.53. The molecular formula is C12H13N5S. The van der Waals surface area contributed by atoms with Gasteiger partial charge in [-0.3, -0.25) is 0 Å². The fourth-order valence-corrected chi connectivity index (χ4v) is 2.21. The Morgan fingerprint density at radius 1 is 1.39 bits per heavy atom. The zero-order valence-electron chi connectivity index (χ0n) is 9.97. The highest BCUT2D eigenvalue weighted by molar-refractivity contribution is 7.14. The molecule has 0 saturated heterocycles. The SMILES string of the molecule is Cc1ccsc1Nc1cc(NCCC#N)ncn1. The van der Waals surface area contributed by atoms with E-state index in [9.17, 15) is 0 Å². The fraction of sp³-hybridized carbons (Fsp3) is 0.250. The predicted molar refractivity (Wildman–Crippen MR) is 73.1 cm³/mol. The van der Waals surface area contributed by atoms with E-state index < -0.39 is 0 Å². The van der Waals surface area contributed by atoms with Gasteiger partial charge in [-0.15, -0.1) is 11.3 Å². The van der Waals surface area contributed by atoms with Gasteiger partial charge in [-0.05, 0) is 23.9 Å². The number of aromatic nitrogens is 2. The normalized spacial score (nSPS) is 9.78. The van der Waals surface area contributed by atoms with Crippen LogP contribution < -0.4 is 10.6 Å². The van der Waals surface area contributed by atoms with Crippen LogP contribution in [0.2, 0.25) is 0 Å². The Balaban J connectivity index is 2.03. The van der Waals surface area contributed by atoms with Crippen molar-refractivity contribution in [2.24, 2.45) is 0 Å². The number of hydrogen-bond acceptors (Lipinski definition) is 6. The van der Waals surface area contributed by atoms with E-state index in [1.165, 1.54) is 11.9 Å². The molecule has 0 saturated carbocycles. The van der Waals surface area contributed by atoms with Gasteiger partial charge < -0.3 is 10.6 Å². The van der Waals surface area contributed by atoms with Gasteiger partial charge in [0.2, 0.25) is 0 Å². The van der Waals surface area contributed by atoms with Gasteiger partial charge in [0.25, 0.3) is 0 Å². The Labute approximate surface area is 110 Å². The highest BCUT2D eigenvalue weighted by atomic mass is 32.1. The number of aryl methyl sites for hydroxylation is 1. The number of nitrogens with zero attached hydrogens (tertiary/aromatic N) is 3. The lowest BCUT2D eigenvalue weighted by atomic mass is 10.3. The Morgan fingerprint density at radius 3 is 2.94 bits per heavy atom. The average molecular weight is 259 g/mol. The molecule has 2 aromatic heterocycles. The summed E-state index contributed by atoms with van der Waals surface area (Å²) in [6, 6.07) is 5.96. The van der Waals surface area contributed by atoms with E-state index in [0.717, 1.165) is 16.6 Å². The third kappa shape index (κ3) is 3.18. The van der Waals surface area contributed by atoms with E-state index >= 15 is 0 Å². The fourth-order valence-electron chi connectivity index (χ4n) is 1.39. The average Bonchev–Trinajstić information content (AvgIpc) is 2.76. The second-order valence-electron chi connectivity index (χ2n) is 3.68. The molecule has 0 amide bonds. The quantitative estimate of drug-likeness (QED) is 0.808. The van der Waals surface area contributed by atoms with Crippen LogP contribution in [0.1, 0.15) is 12.0 Å². The first-order valence-corrected chi connectivity index (χ1v) is 6.41. The van der Waals surface area contributed by atoms with Crippen LogP contribution in [0, 0.1) is 18.3 Å². The van der Waals surface area contributed by atoms with E-state index in [2.05, 4.69) is 32.7 Å². The molecule has 2 rings (SSSR count). The first-order chi connectivity index (χ1) is 8.79. The molecule has 0 spiro atoms. The molecule has 2 heterocycles. The van der Waals surface area contributed by atoms with E-state index in [-0.39, 0.29) is 0 Å². The van der Waals surface area contributed by atoms with Crippen LogP contribution in [0.25, 0.3) is 0 Å². The van der Waals surface area contributed by atoms with Gasteiger partial charge in [-0.1, -0.05) is 0 Å². The molecule has 0 aliphatic heterocycles. The molecule has 92 valence electrons. The Hall–Kier alpha value is -2.13. The van der Waals surface area contributed by atoms with Crippen molar-refractivity contribution >= 4 is 28.0 Å². The largest absolute Gasteiger partial charge is 0.369 e. The van der Waals surface area contributed by atoms with E-state index in [0.29, 0.717) is 13.0 Å². The van der Waals surface area contributed by atoms with Crippen LogP contribution in [0.15, 0.2) is 23.8 Å². The van der Waals surface area contributed by atoms with Gasteiger partial charge >= 0.3 is 0 Å². The molecule has 0 unspecified atom stereocenters. The van der Waals surface area contributed by atoms with Crippen molar-refractivity contribution in [3.8, 4) is 6.07 Å². The van der Waals surface area contributed by atoms with E-state index in [4.69, 9.17) is 5.26 Å². The Morgan fingerprint density at radius 2 is 2.22 bits per heavy atom. The van der Waals surface area contributed by atoms with Gasteiger partial charge in [0, 0.05) is 12.6 Å². The van der Waals surface area contributed by atoms with Crippen LogP contribution in [-0.2, 0) is 0 Å². The summed E-state index contributed by atoms with van der Waals surface area (Å²) in [5, 5.41) is 17.9. The van der Waals surface area contributed by atoms with Gasteiger partial charge in [-0.2, -0.15) is 5.26 Å². The molecule has 18 heavy (non-hydrogen) atoms. The summed E-state index contributed by atoms with van der Waals surface area (Å²) in [7, 11) is 0. The summed E-state index contributed by atoms with van der Waals surface area (Å²) in [4.78, 5) is 8.26. The minimum absolute atomic E-state index is 0.455. The summed E-state index contributed by atoms with van der Waals surface area (Å²) in [6.45, 7) is 2.64. The maximum atomic E-state index is 8.47. The third-order valence-corrected chi connectivity index (χ3v) is 3.25. The van der Waals surface area contributed by atoms with E-state index in [1.807, 2.05) is 18.4 Å². The predicted octanol–water partition coefficient (Wildman–Crippen LogP) is 2.92. The second kappa shape index (κ2) is 5.98. The topological polar surface area (TPSA) is 73.6 Å². The number of anilines is 3. The molecule has 0 fully saturated rings. The molecule has 2 aromatic rings. The van der Waals surface area contributed by atoms with Crippen molar-refractivity contribution < 1.29 is 0 Å². The zero-order valence-corrected chi connectivity index (χ0v) is 10.8. The number of nitriles is 1. The lowest BCUT2D eigenvalue weighted by Crippen LogP contribution is -2.03. The van der Waals surface area contributed by atoms with Crippen molar-refractivity contribution in [1.82, 2.24) is 9.97 Å². The maximum Gasteiger partial charge on any atom is 0.136 e. The zero-order chi connectivity index (χ0) is 12.8. The van der Waals surface area contributed by atoms with E-state index in [1.54, 1.807) is 11.3 Å². The molecule has 0 radical (unpaired) electrons. The van der Waals surface area contributed by atoms with Crippen LogP contribution in [0.4, 0.5) is 16.6 Å². The summed E-state index contributed by atoms with van der Waals surface area (Å²) < 4.78 is 0. The first kappa shape index (κ1) is 12.3. The molecule has 2 N–H and O–H groups in total. The van der Waals surface area contributed by atoms with Crippen molar-refractivity contribution in [2.45, 2.75) is 13.3 Å². The number of nitrogens with one attached hydrogen (secondary N) is 2. The van der Waals surface area contributed by atoms with Gasteiger partial charge in [0.05, 0.1) is 17.5 Å². The van der Waals surface area contributed by atoms with Crippen molar-refractivity contribution in [3.05, 3.63) is 29.4 Å². The lowest BCUT2D eigenvalue weighted by molar-refractivity contribution is 1.04. The molecular weight excluding hydrogens is 246 g/mol. The maximum absolute atomic E-state index is 8.47. The molecule has 0 aliphatic rings. The van der Waals surface area contributed by atoms with Gasteiger partial charge in [0.15, 0.2) is 0 Å². The smallest absolute Gasteiger partial charge is 0.136 e.